The van der Waals surface area contributed by atoms with Gasteiger partial charge in [0.05, 0.1) is 16.4 Å². The molecule has 0 fully saturated rings. The normalized spacial score (nSPS) is 11.9. The summed E-state index contributed by atoms with van der Waals surface area (Å²) in [6.45, 7) is 5.33. The molecule has 29 heavy (non-hydrogen) atoms. The topological polar surface area (TPSA) is 102 Å². The number of fused-ring (bicyclic) bond motifs is 1. The molecule has 2 N–H and O–H groups in total. The quantitative estimate of drug-likeness (QED) is 0.599. The van der Waals surface area contributed by atoms with E-state index in [4.69, 9.17) is 16.3 Å². The second-order valence-electron chi connectivity index (χ2n) is 6.17. The number of imide groups is 1. The first-order chi connectivity index (χ1) is 13.8. The largest absolute Gasteiger partial charge is 0.448 e. The molecule has 2 aromatic heterocycles. The molecule has 8 nitrogen and oxygen atoms in total. The van der Waals surface area contributed by atoms with Gasteiger partial charge in [-0.15, -0.1) is 11.3 Å². The second-order valence-corrected chi connectivity index (χ2v) is 7.61. The van der Waals surface area contributed by atoms with Gasteiger partial charge in [-0.1, -0.05) is 23.7 Å². The van der Waals surface area contributed by atoms with Crippen LogP contribution in [0.2, 0.25) is 5.02 Å². The third-order valence-corrected chi connectivity index (χ3v) is 5.46. The first-order valence-corrected chi connectivity index (χ1v) is 10.0. The molecule has 0 aliphatic heterocycles. The van der Waals surface area contributed by atoms with E-state index in [1.165, 1.54) is 18.3 Å². The number of benzene rings is 1. The number of hydrogen-bond donors (Lipinski definition) is 2. The minimum absolute atomic E-state index is 0.318. The van der Waals surface area contributed by atoms with Gasteiger partial charge in [0, 0.05) is 11.9 Å². The van der Waals surface area contributed by atoms with Crippen LogP contribution in [0.1, 0.15) is 29.2 Å². The van der Waals surface area contributed by atoms with E-state index in [9.17, 15) is 14.4 Å². The molecule has 0 saturated heterocycles. The van der Waals surface area contributed by atoms with Crippen molar-refractivity contribution in [1.82, 2.24) is 20.4 Å². The maximum absolute atomic E-state index is 12.5. The van der Waals surface area contributed by atoms with Gasteiger partial charge in [-0.2, -0.15) is 5.10 Å². The molecule has 0 aliphatic carbocycles. The number of amides is 3. The lowest BCUT2D eigenvalue weighted by atomic mass is 10.3. The Balaban J connectivity index is 1.81. The molecule has 1 aromatic carbocycles. The van der Waals surface area contributed by atoms with Gasteiger partial charge in [-0.25, -0.2) is 14.3 Å². The highest BCUT2D eigenvalue weighted by Gasteiger charge is 2.24. The molecule has 3 amide bonds. The number of thiophene rings is 1. The fourth-order valence-corrected chi connectivity index (χ4v) is 3.90. The number of aryl methyl sites for hydroxylation is 1. The maximum atomic E-state index is 12.5. The van der Waals surface area contributed by atoms with E-state index in [0.29, 0.717) is 22.1 Å². The summed E-state index contributed by atoms with van der Waals surface area (Å²) < 4.78 is 6.89. The minimum atomic E-state index is -1.13. The molecule has 0 radical (unpaired) electrons. The molecule has 0 aliphatic rings. The lowest BCUT2D eigenvalue weighted by molar-refractivity contribution is -0.127. The molecule has 3 rings (SSSR count). The smallest absolute Gasteiger partial charge is 0.349 e. The molecule has 1 atom stereocenters. The summed E-state index contributed by atoms with van der Waals surface area (Å²) in [6, 6.07) is 8.30. The van der Waals surface area contributed by atoms with Crippen molar-refractivity contribution in [3.05, 3.63) is 45.9 Å². The number of nitrogens with zero attached hydrogens (tertiary/aromatic N) is 2. The number of nitrogens with one attached hydrogen (secondary N) is 2. The number of rotatable bonds is 5. The Kier molecular flexibility index (Phi) is 6.19. The van der Waals surface area contributed by atoms with Gasteiger partial charge in [0.2, 0.25) is 0 Å². The van der Waals surface area contributed by atoms with Crippen molar-refractivity contribution in [1.29, 1.82) is 0 Å². The highest BCUT2D eigenvalue weighted by atomic mass is 35.5. The number of esters is 1. The van der Waals surface area contributed by atoms with E-state index < -0.39 is 24.0 Å². The molecule has 0 saturated carbocycles. The number of aromatic nitrogens is 2. The van der Waals surface area contributed by atoms with Crippen LogP contribution >= 0.6 is 22.9 Å². The molecule has 10 heteroatoms. The summed E-state index contributed by atoms with van der Waals surface area (Å²) >= 11 is 7.47. The molecule has 0 bridgehead atoms. The average Bonchev–Trinajstić information content (AvgIpc) is 3.23. The van der Waals surface area contributed by atoms with Gasteiger partial charge < -0.3 is 10.1 Å². The number of hydrogen-bond acceptors (Lipinski definition) is 6. The fraction of sp³-hybridized carbons (Fsp3) is 0.263. The van der Waals surface area contributed by atoms with Gasteiger partial charge >= 0.3 is 12.0 Å². The lowest BCUT2D eigenvalue weighted by Crippen LogP contribution is -2.44. The minimum Gasteiger partial charge on any atom is -0.448 e. The van der Waals surface area contributed by atoms with E-state index in [1.54, 1.807) is 23.7 Å². The van der Waals surface area contributed by atoms with Crippen LogP contribution in [0.15, 0.2) is 30.3 Å². The highest BCUT2D eigenvalue weighted by Crippen LogP contribution is 2.32. The number of halogens is 1. The van der Waals surface area contributed by atoms with Gasteiger partial charge in [0.25, 0.3) is 5.91 Å². The van der Waals surface area contributed by atoms with Crippen molar-refractivity contribution in [2.45, 2.75) is 26.9 Å². The zero-order valence-electron chi connectivity index (χ0n) is 16.0. The van der Waals surface area contributed by atoms with E-state index in [1.807, 2.05) is 25.1 Å². The van der Waals surface area contributed by atoms with Gasteiger partial charge in [-0.05, 0) is 39.0 Å². The van der Waals surface area contributed by atoms with Crippen LogP contribution in [-0.4, -0.2) is 40.3 Å². The fourth-order valence-electron chi connectivity index (χ4n) is 2.63. The zero-order chi connectivity index (χ0) is 21.1. The summed E-state index contributed by atoms with van der Waals surface area (Å²) in [6.07, 6.45) is -1.13. The van der Waals surface area contributed by atoms with Gasteiger partial charge in [0.1, 0.15) is 9.71 Å². The van der Waals surface area contributed by atoms with Crippen LogP contribution in [0.3, 0.4) is 0 Å². The monoisotopic (exact) mass is 434 g/mol. The van der Waals surface area contributed by atoms with E-state index in [0.717, 1.165) is 15.9 Å². The third-order valence-electron chi connectivity index (χ3n) is 4.05. The van der Waals surface area contributed by atoms with Crippen molar-refractivity contribution in [3.8, 4) is 5.69 Å². The van der Waals surface area contributed by atoms with E-state index in [2.05, 4.69) is 15.7 Å². The van der Waals surface area contributed by atoms with Crippen molar-refractivity contribution >= 4 is 51.1 Å². The van der Waals surface area contributed by atoms with Crippen molar-refractivity contribution < 1.29 is 19.1 Å². The van der Waals surface area contributed by atoms with Gasteiger partial charge in [-0.3, -0.25) is 10.1 Å². The molecule has 2 heterocycles. The van der Waals surface area contributed by atoms with E-state index >= 15 is 0 Å². The molecular formula is C19H19ClN4O4S. The van der Waals surface area contributed by atoms with Crippen LogP contribution < -0.4 is 10.6 Å². The molecule has 0 spiro atoms. The first kappa shape index (κ1) is 20.8. The number of carbonyl (C=O) groups excluding carboxylic acids is 3. The standard InChI is InChI=1S/C19H19ClN4O4S/c1-4-21-19(27)22-16(25)11(3)28-18(26)15-9-12-10(2)23-24(17(12)29-15)14-8-6-5-7-13(14)20/h5-9,11H,4H2,1-3H3,(H2,21,22,25,27). The summed E-state index contributed by atoms with van der Waals surface area (Å²) in [5.41, 5.74) is 1.43. The highest BCUT2D eigenvalue weighted by molar-refractivity contribution is 7.20. The van der Waals surface area contributed by atoms with E-state index in [-0.39, 0.29) is 0 Å². The third kappa shape index (κ3) is 4.41. The summed E-state index contributed by atoms with van der Waals surface area (Å²) in [5, 5.41) is 10.4. The average molecular weight is 435 g/mol. The number of urea groups is 1. The van der Waals surface area contributed by atoms with Crippen LogP contribution in [0.25, 0.3) is 15.9 Å². The molecular weight excluding hydrogens is 416 g/mol. The van der Waals surface area contributed by atoms with Crippen LogP contribution in [-0.2, 0) is 9.53 Å². The molecule has 1 unspecified atom stereocenters. The Labute approximate surface area is 175 Å². The van der Waals surface area contributed by atoms with Crippen LogP contribution in [0, 0.1) is 6.92 Å². The lowest BCUT2D eigenvalue weighted by Gasteiger charge is -2.12. The van der Waals surface area contributed by atoms with Crippen molar-refractivity contribution in [3.63, 3.8) is 0 Å². The van der Waals surface area contributed by atoms with Crippen LogP contribution in [0.4, 0.5) is 4.79 Å². The number of ether oxygens (including phenoxy) is 1. The predicted molar refractivity (Wildman–Crippen MR) is 111 cm³/mol. The van der Waals surface area contributed by atoms with Crippen molar-refractivity contribution in [2.24, 2.45) is 0 Å². The Morgan fingerprint density at radius 2 is 2.03 bits per heavy atom. The molecule has 3 aromatic rings. The predicted octanol–water partition coefficient (Wildman–Crippen LogP) is 3.44. The number of carbonyl (C=O) groups is 3. The van der Waals surface area contributed by atoms with Gasteiger partial charge in [0.15, 0.2) is 6.10 Å². The first-order valence-electron chi connectivity index (χ1n) is 8.85. The van der Waals surface area contributed by atoms with Crippen LogP contribution in [0.5, 0.6) is 0 Å². The summed E-state index contributed by atoms with van der Waals surface area (Å²) in [4.78, 5) is 37.0. The summed E-state index contributed by atoms with van der Waals surface area (Å²) in [5.74, 6) is -1.36. The maximum Gasteiger partial charge on any atom is 0.349 e. The zero-order valence-corrected chi connectivity index (χ0v) is 17.6. The summed E-state index contributed by atoms with van der Waals surface area (Å²) in [7, 11) is 0. The van der Waals surface area contributed by atoms with Crippen molar-refractivity contribution in [2.75, 3.05) is 6.54 Å². The Morgan fingerprint density at radius 3 is 2.72 bits per heavy atom. The Hall–Kier alpha value is -2.91. The SMILES string of the molecule is CCNC(=O)NC(=O)C(C)OC(=O)c1cc2c(C)nn(-c3ccccc3Cl)c2s1. The second kappa shape index (κ2) is 8.62. The number of para-hydroxylation sites is 1. The Bertz CT molecular complexity index is 1090. The Morgan fingerprint density at radius 1 is 1.31 bits per heavy atom. The molecule has 152 valence electrons.